The molecule has 1 aliphatic rings. The number of aliphatic imine (C=N–C) groups is 1. The molecule has 1 fully saturated rings. The lowest BCUT2D eigenvalue weighted by Gasteiger charge is -2.21. The minimum atomic E-state index is -4.81. The smallest absolute Gasteiger partial charge is 0.406 e. The maximum absolute atomic E-state index is 15.0. The molecule has 0 unspecified atom stereocenters. The molecule has 0 saturated carbocycles. The molecule has 42 heavy (non-hydrogen) atoms. The highest BCUT2D eigenvalue weighted by Crippen LogP contribution is 2.33. The number of amides is 3. The molecule has 3 aromatic carbocycles. The predicted molar refractivity (Wildman–Crippen MR) is 150 cm³/mol. The third-order valence-corrected chi connectivity index (χ3v) is 6.98. The minimum absolute atomic E-state index is 0.118. The number of nitrogens with one attached hydrogen (secondary N) is 1. The van der Waals surface area contributed by atoms with Crippen molar-refractivity contribution in [2.75, 3.05) is 16.0 Å². The van der Waals surface area contributed by atoms with E-state index in [9.17, 15) is 27.2 Å². The fourth-order valence-corrected chi connectivity index (χ4v) is 5.03. The summed E-state index contributed by atoms with van der Waals surface area (Å²) < 4.78 is 57.3. The number of amidine groups is 1. The molecular weight excluding hydrogens is 576 g/mol. The third-order valence-electron chi connectivity index (χ3n) is 6.06. The average Bonchev–Trinajstić information content (AvgIpc) is 3.56. The lowest BCUT2D eigenvalue weighted by molar-refractivity contribution is -0.274. The first-order valence-corrected chi connectivity index (χ1v) is 13.5. The number of alkyl halides is 3. The van der Waals surface area contributed by atoms with Gasteiger partial charge in [0.25, 0.3) is 0 Å². The fourth-order valence-electron chi connectivity index (χ4n) is 4.17. The first-order valence-electron chi connectivity index (χ1n) is 12.5. The first kappa shape index (κ1) is 28.8. The number of urea groups is 1. The van der Waals surface area contributed by atoms with Gasteiger partial charge in [-0.05, 0) is 60.0 Å². The lowest BCUT2D eigenvalue weighted by Crippen LogP contribution is -2.31. The van der Waals surface area contributed by atoms with Crippen LogP contribution in [0, 0.1) is 5.82 Å². The summed E-state index contributed by atoms with van der Waals surface area (Å²) in [5, 5.41) is 6.84. The molecule has 0 radical (unpaired) electrons. The molecule has 1 N–H and O–H groups in total. The molecule has 2 heterocycles. The molecule has 1 aliphatic heterocycles. The van der Waals surface area contributed by atoms with E-state index in [-0.39, 0.29) is 40.0 Å². The Labute approximate surface area is 241 Å². The van der Waals surface area contributed by atoms with Crippen LogP contribution in [0.15, 0.2) is 78.0 Å². The van der Waals surface area contributed by atoms with E-state index in [0.29, 0.717) is 16.9 Å². The Morgan fingerprint density at radius 2 is 1.83 bits per heavy atom. The molecule has 14 heteroatoms. The maximum atomic E-state index is 15.0. The van der Waals surface area contributed by atoms with Gasteiger partial charge in [0, 0.05) is 5.56 Å². The van der Waals surface area contributed by atoms with Gasteiger partial charge in [0.1, 0.15) is 17.9 Å². The molecule has 0 atom stereocenters. The van der Waals surface area contributed by atoms with Crippen LogP contribution in [0.2, 0.25) is 0 Å². The van der Waals surface area contributed by atoms with E-state index >= 15 is 0 Å². The van der Waals surface area contributed by atoms with Crippen LogP contribution in [0.25, 0.3) is 17.1 Å². The second kappa shape index (κ2) is 11.6. The fraction of sp³-hybridized carbons (Fsp3) is 0.179. The van der Waals surface area contributed by atoms with Crippen molar-refractivity contribution >= 4 is 40.2 Å². The second-order valence-corrected chi connectivity index (χ2v) is 10.2. The van der Waals surface area contributed by atoms with E-state index in [0.717, 1.165) is 35.5 Å². The van der Waals surface area contributed by atoms with E-state index in [1.807, 2.05) is 26.0 Å². The number of anilines is 2. The van der Waals surface area contributed by atoms with Crippen LogP contribution in [0.4, 0.5) is 33.7 Å². The number of carbonyl (C=O) groups is 2. The van der Waals surface area contributed by atoms with Gasteiger partial charge in [-0.1, -0.05) is 43.8 Å². The largest absolute Gasteiger partial charge is 0.573 e. The molecule has 0 aliphatic carbocycles. The van der Waals surface area contributed by atoms with Crippen LogP contribution < -0.4 is 15.0 Å². The molecule has 0 spiro atoms. The Kier molecular flexibility index (Phi) is 7.98. The van der Waals surface area contributed by atoms with Gasteiger partial charge in [-0.25, -0.2) is 18.9 Å². The van der Waals surface area contributed by atoms with Crippen molar-refractivity contribution in [2.45, 2.75) is 26.1 Å². The van der Waals surface area contributed by atoms with Crippen LogP contribution in [-0.2, 0) is 4.79 Å². The van der Waals surface area contributed by atoms with Gasteiger partial charge in [0.05, 0.1) is 22.8 Å². The van der Waals surface area contributed by atoms with Gasteiger partial charge in [-0.3, -0.25) is 9.69 Å². The molecule has 4 aromatic rings. The van der Waals surface area contributed by atoms with E-state index < -0.39 is 18.2 Å². The number of rotatable bonds is 6. The Morgan fingerprint density at radius 3 is 2.52 bits per heavy atom. The lowest BCUT2D eigenvalue weighted by atomic mass is 10.0. The summed E-state index contributed by atoms with van der Waals surface area (Å²) >= 11 is 1.12. The highest BCUT2D eigenvalue weighted by molar-refractivity contribution is 8.15. The zero-order valence-electron chi connectivity index (χ0n) is 22.1. The number of carbonyl (C=O) groups excluding carboxylic acids is 2. The highest BCUT2D eigenvalue weighted by atomic mass is 32.2. The number of benzene rings is 3. The minimum Gasteiger partial charge on any atom is -0.406 e. The highest BCUT2D eigenvalue weighted by Gasteiger charge is 2.32. The van der Waals surface area contributed by atoms with Crippen LogP contribution in [0.5, 0.6) is 5.75 Å². The summed E-state index contributed by atoms with van der Waals surface area (Å²) in [6.45, 7) is 3.99. The standard InChI is InChI=1S/C28H22F4N6O3S/c1-16(2)20-5-3-4-6-23(20)38-24(39)14-42-27(38)35-26(40)34-22-12-7-17(13-21(22)29)25-33-15-37(36-25)18-8-10-19(11-9-18)41-28(30,31)32/h3-13,15-16H,14H2,1-2H3,(H,34,40). The predicted octanol–water partition coefficient (Wildman–Crippen LogP) is 6.76. The third kappa shape index (κ3) is 6.43. The number of ether oxygens (including phenoxy) is 1. The SMILES string of the molecule is CC(C)c1ccccc1N1C(=O)CSC1=NC(=O)Nc1ccc(-c2ncn(-c3ccc(OC(F)(F)F)cc3)n2)cc1F. The Morgan fingerprint density at radius 1 is 1.10 bits per heavy atom. The van der Waals surface area contributed by atoms with Gasteiger partial charge >= 0.3 is 12.4 Å². The topological polar surface area (TPSA) is 102 Å². The van der Waals surface area contributed by atoms with Crippen molar-refractivity contribution in [1.82, 2.24) is 14.8 Å². The molecule has 0 bridgehead atoms. The van der Waals surface area contributed by atoms with Crippen molar-refractivity contribution in [3.63, 3.8) is 0 Å². The molecule has 3 amide bonds. The van der Waals surface area contributed by atoms with Crippen molar-refractivity contribution in [1.29, 1.82) is 0 Å². The monoisotopic (exact) mass is 598 g/mol. The van der Waals surface area contributed by atoms with Crippen molar-refractivity contribution < 1.29 is 31.9 Å². The van der Waals surface area contributed by atoms with E-state index in [2.05, 4.69) is 25.1 Å². The van der Waals surface area contributed by atoms with Crippen LogP contribution in [-0.4, -0.2) is 44.0 Å². The van der Waals surface area contributed by atoms with Crippen LogP contribution >= 0.6 is 11.8 Å². The van der Waals surface area contributed by atoms with E-state index in [1.165, 1.54) is 40.2 Å². The molecule has 216 valence electrons. The number of halogens is 4. The number of nitrogens with zero attached hydrogens (tertiary/aromatic N) is 5. The summed E-state index contributed by atoms with van der Waals surface area (Å²) in [6.07, 6.45) is -3.48. The first-order chi connectivity index (χ1) is 20.0. The molecule has 9 nitrogen and oxygen atoms in total. The number of hydrogen-bond acceptors (Lipinski definition) is 6. The molecular formula is C28H22F4N6O3S. The summed E-state index contributed by atoms with van der Waals surface area (Å²) in [6, 6.07) is 15.4. The Balaban J connectivity index is 1.30. The van der Waals surface area contributed by atoms with Crippen molar-refractivity contribution in [3.05, 3.63) is 84.4 Å². The quantitative estimate of drug-likeness (QED) is 0.246. The molecule has 1 aromatic heterocycles. The number of aromatic nitrogens is 3. The summed E-state index contributed by atoms with van der Waals surface area (Å²) in [5.74, 6) is -0.990. The second-order valence-electron chi connectivity index (χ2n) is 9.30. The van der Waals surface area contributed by atoms with E-state index in [1.54, 1.807) is 12.1 Å². The zero-order chi connectivity index (χ0) is 30.0. The summed E-state index contributed by atoms with van der Waals surface area (Å²) in [5.41, 5.74) is 2.12. The van der Waals surface area contributed by atoms with Crippen molar-refractivity contribution in [3.8, 4) is 22.8 Å². The Hall–Kier alpha value is -4.72. The van der Waals surface area contributed by atoms with Gasteiger partial charge in [-0.15, -0.1) is 18.3 Å². The molecule has 5 rings (SSSR count). The van der Waals surface area contributed by atoms with E-state index in [4.69, 9.17) is 0 Å². The van der Waals surface area contributed by atoms with Gasteiger partial charge in [0.15, 0.2) is 11.0 Å². The normalized spacial score (nSPS) is 14.6. The number of hydrogen-bond donors (Lipinski definition) is 1. The zero-order valence-corrected chi connectivity index (χ0v) is 22.9. The van der Waals surface area contributed by atoms with Crippen molar-refractivity contribution in [2.24, 2.45) is 4.99 Å². The number of thioether (sulfide) groups is 1. The van der Waals surface area contributed by atoms with Gasteiger partial charge in [0.2, 0.25) is 5.91 Å². The molecule has 1 saturated heterocycles. The average molecular weight is 599 g/mol. The maximum Gasteiger partial charge on any atom is 0.573 e. The number of para-hydroxylation sites is 1. The van der Waals surface area contributed by atoms with Crippen LogP contribution in [0.3, 0.4) is 0 Å². The van der Waals surface area contributed by atoms with Gasteiger partial charge < -0.3 is 10.1 Å². The Bertz CT molecular complexity index is 1670. The summed E-state index contributed by atoms with van der Waals surface area (Å²) in [7, 11) is 0. The van der Waals surface area contributed by atoms with Gasteiger partial charge in [-0.2, -0.15) is 4.99 Å². The summed E-state index contributed by atoms with van der Waals surface area (Å²) in [4.78, 5) is 34.9. The van der Waals surface area contributed by atoms with Crippen LogP contribution in [0.1, 0.15) is 25.3 Å².